The molecule has 0 radical (unpaired) electrons. The van der Waals surface area contributed by atoms with Gasteiger partial charge in [0.1, 0.15) is 17.3 Å². The van der Waals surface area contributed by atoms with Crippen molar-refractivity contribution in [2.45, 2.75) is 26.2 Å². The summed E-state index contributed by atoms with van der Waals surface area (Å²) < 4.78 is 12.8. The first-order chi connectivity index (χ1) is 11.2. The van der Waals surface area contributed by atoms with Crippen molar-refractivity contribution in [1.29, 1.82) is 0 Å². The summed E-state index contributed by atoms with van der Waals surface area (Å²) in [5, 5.41) is 5.92. The minimum Gasteiger partial charge on any atom is -0.369 e. The van der Waals surface area contributed by atoms with Gasteiger partial charge >= 0.3 is 0 Å². The van der Waals surface area contributed by atoms with E-state index in [9.17, 15) is 9.18 Å². The average molecular weight is 316 g/mol. The van der Waals surface area contributed by atoms with Crippen molar-refractivity contribution in [1.82, 2.24) is 15.3 Å². The number of rotatable bonds is 8. The molecule has 0 bridgehead atoms. The Balaban J connectivity index is 1.77. The quantitative estimate of drug-likeness (QED) is 0.735. The van der Waals surface area contributed by atoms with E-state index in [-0.39, 0.29) is 17.4 Å². The first kappa shape index (κ1) is 16.9. The molecule has 122 valence electrons. The Hall–Kier alpha value is -2.50. The van der Waals surface area contributed by atoms with E-state index in [0.29, 0.717) is 18.8 Å². The van der Waals surface area contributed by atoms with Gasteiger partial charge in [-0.2, -0.15) is 0 Å². The Labute approximate surface area is 135 Å². The van der Waals surface area contributed by atoms with Crippen molar-refractivity contribution >= 4 is 11.7 Å². The molecule has 1 amide bonds. The minimum absolute atomic E-state index is 0.263. The lowest BCUT2D eigenvalue weighted by atomic mass is 10.1. The molecule has 1 aromatic carbocycles. The Morgan fingerprint density at radius 3 is 2.57 bits per heavy atom. The van der Waals surface area contributed by atoms with Crippen molar-refractivity contribution in [2.75, 3.05) is 18.4 Å². The predicted molar refractivity (Wildman–Crippen MR) is 87.9 cm³/mol. The fraction of sp³-hybridized carbons (Fsp3) is 0.353. The van der Waals surface area contributed by atoms with Crippen molar-refractivity contribution in [3.05, 3.63) is 53.7 Å². The summed E-state index contributed by atoms with van der Waals surface area (Å²) in [7, 11) is 0. The van der Waals surface area contributed by atoms with Gasteiger partial charge in [0, 0.05) is 13.1 Å². The highest BCUT2D eigenvalue weighted by Gasteiger charge is 2.07. The first-order valence-electron chi connectivity index (χ1n) is 7.77. The van der Waals surface area contributed by atoms with Crippen LogP contribution in [0, 0.1) is 5.82 Å². The molecule has 1 aromatic heterocycles. The lowest BCUT2D eigenvalue weighted by Crippen LogP contribution is -2.26. The maximum atomic E-state index is 12.8. The molecule has 6 heteroatoms. The molecule has 23 heavy (non-hydrogen) atoms. The van der Waals surface area contributed by atoms with Crippen LogP contribution in [0.3, 0.4) is 0 Å². The van der Waals surface area contributed by atoms with Crippen LogP contribution in [0.25, 0.3) is 0 Å². The third kappa shape index (κ3) is 5.65. The average Bonchev–Trinajstić information content (AvgIpc) is 2.57. The molecule has 1 heterocycles. The molecule has 2 aromatic rings. The van der Waals surface area contributed by atoms with Crippen LogP contribution in [0.4, 0.5) is 10.2 Å². The second kappa shape index (κ2) is 8.82. The molecule has 0 spiro atoms. The van der Waals surface area contributed by atoms with E-state index in [1.165, 1.54) is 18.3 Å². The highest BCUT2D eigenvalue weighted by atomic mass is 19.1. The number of aromatic nitrogens is 2. The van der Waals surface area contributed by atoms with Crippen LogP contribution in [-0.2, 0) is 6.42 Å². The zero-order chi connectivity index (χ0) is 16.5. The van der Waals surface area contributed by atoms with E-state index >= 15 is 0 Å². The molecule has 2 N–H and O–H groups in total. The van der Waals surface area contributed by atoms with E-state index in [1.54, 1.807) is 18.3 Å². The Bertz CT molecular complexity index is 613. The van der Waals surface area contributed by atoms with E-state index in [2.05, 4.69) is 27.5 Å². The van der Waals surface area contributed by atoms with Gasteiger partial charge < -0.3 is 10.6 Å². The standard InChI is InChI=1S/C17H21FN4O/c1-2-3-9-19-16-12-21-15(11-22-16)17(23)20-10-8-13-4-6-14(18)7-5-13/h4-7,11-12H,2-3,8-10H2,1H3,(H,19,22)(H,20,23). The number of halogens is 1. The molecular weight excluding hydrogens is 295 g/mol. The van der Waals surface area contributed by atoms with Crippen LogP contribution in [0.1, 0.15) is 35.8 Å². The third-order valence-electron chi connectivity index (χ3n) is 3.33. The van der Waals surface area contributed by atoms with Gasteiger partial charge in [-0.05, 0) is 30.5 Å². The lowest BCUT2D eigenvalue weighted by molar-refractivity contribution is 0.0949. The monoisotopic (exact) mass is 316 g/mol. The third-order valence-corrected chi connectivity index (χ3v) is 3.33. The highest BCUT2D eigenvalue weighted by molar-refractivity contribution is 5.91. The van der Waals surface area contributed by atoms with Gasteiger partial charge in [0.25, 0.3) is 5.91 Å². The molecule has 2 rings (SSSR count). The van der Waals surface area contributed by atoms with Crippen molar-refractivity contribution in [3.63, 3.8) is 0 Å². The number of anilines is 1. The van der Waals surface area contributed by atoms with Crippen molar-refractivity contribution in [2.24, 2.45) is 0 Å². The maximum Gasteiger partial charge on any atom is 0.271 e. The summed E-state index contributed by atoms with van der Waals surface area (Å²) >= 11 is 0. The molecule has 0 unspecified atom stereocenters. The van der Waals surface area contributed by atoms with Gasteiger partial charge in [-0.25, -0.2) is 14.4 Å². The molecule has 0 fully saturated rings. The summed E-state index contributed by atoms with van der Waals surface area (Å²) in [6.45, 7) is 3.42. The number of amides is 1. The van der Waals surface area contributed by atoms with Gasteiger partial charge in [-0.3, -0.25) is 4.79 Å². The summed E-state index contributed by atoms with van der Waals surface area (Å²) in [6.07, 6.45) is 5.82. The maximum absolute atomic E-state index is 12.8. The van der Waals surface area contributed by atoms with Crippen molar-refractivity contribution in [3.8, 4) is 0 Å². The molecule has 0 aliphatic carbocycles. The molecular formula is C17H21FN4O. The van der Waals surface area contributed by atoms with Crippen LogP contribution in [-0.4, -0.2) is 29.0 Å². The van der Waals surface area contributed by atoms with Gasteiger partial charge in [-0.1, -0.05) is 25.5 Å². The van der Waals surface area contributed by atoms with Crippen molar-refractivity contribution < 1.29 is 9.18 Å². The second-order valence-electron chi connectivity index (χ2n) is 5.20. The summed E-state index contributed by atoms with van der Waals surface area (Å²) in [4.78, 5) is 20.2. The number of carbonyl (C=O) groups is 1. The smallest absolute Gasteiger partial charge is 0.271 e. The molecule has 0 atom stereocenters. The second-order valence-corrected chi connectivity index (χ2v) is 5.20. The summed E-state index contributed by atoms with van der Waals surface area (Å²) in [6, 6.07) is 6.23. The Morgan fingerprint density at radius 1 is 1.13 bits per heavy atom. The van der Waals surface area contributed by atoms with E-state index < -0.39 is 0 Å². The number of hydrogen-bond donors (Lipinski definition) is 2. The van der Waals surface area contributed by atoms with Gasteiger partial charge in [-0.15, -0.1) is 0 Å². The number of nitrogens with one attached hydrogen (secondary N) is 2. The van der Waals surface area contributed by atoms with Crippen LogP contribution in [0.15, 0.2) is 36.7 Å². The van der Waals surface area contributed by atoms with Crippen LogP contribution in [0.5, 0.6) is 0 Å². The number of unbranched alkanes of at least 4 members (excludes halogenated alkanes) is 1. The number of nitrogens with zero attached hydrogens (tertiary/aromatic N) is 2. The number of hydrogen-bond acceptors (Lipinski definition) is 4. The van der Waals surface area contributed by atoms with Crippen LogP contribution >= 0.6 is 0 Å². The molecule has 5 nitrogen and oxygen atoms in total. The molecule has 0 aliphatic rings. The van der Waals surface area contributed by atoms with E-state index in [1.807, 2.05) is 0 Å². The summed E-state index contributed by atoms with van der Waals surface area (Å²) in [5.41, 5.74) is 1.25. The van der Waals surface area contributed by atoms with Gasteiger partial charge in [0.05, 0.1) is 12.4 Å². The van der Waals surface area contributed by atoms with Crippen LogP contribution < -0.4 is 10.6 Å². The Morgan fingerprint density at radius 2 is 1.91 bits per heavy atom. The molecule has 0 saturated carbocycles. The molecule has 0 saturated heterocycles. The lowest BCUT2D eigenvalue weighted by Gasteiger charge is -2.06. The van der Waals surface area contributed by atoms with E-state index in [4.69, 9.17) is 0 Å². The zero-order valence-electron chi connectivity index (χ0n) is 13.2. The number of benzene rings is 1. The first-order valence-corrected chi connectivity index (χ1v) is 7.77. The highest BCUT2D eigenvalue weighted by Crippen LogP contribution is 2.04. The summed E-state index contributed by atoms with van der Waals surface area (Å²) in [5.74, 6) is 0.140. The van der Waals surface area contributed by atoms with Gasteiger partial charge in [0.15, 0.2) is 0 Å². The minimum atomic E-state index is -0.264. The molecule has 0 aliphatic heterocycles. The zero-order valence-corrected chi connectivity index (χ0v) is 13.2. The van der Waals surface area contributed by atoms with Gasteiger partial charge in [0.2, 0.25) is 0 Å². The van der Waals surface area contributed by atoms with E-state index in [0.717, 1.165) is 24.9 Å². The topological polar surface area (TPSA) is 66.9 Å². The predicted octanol–water partition coefficient (Wildman–Crippen LogP) is 2.80. The number of carbonyl (C=O) groups excluding carboxylic acids is 1. The fourth-order valence-corrected chi connectivity index (χ4v) is 1.99. The largest absolute Gasteiger partial charge is 0.369 e. The SMILES string of the molecule is CCCCNc1cnc(C(=O)NCCc2ccc(F)cc2)cn1. The normalized spacial score (nSPS) is 10.3. The Kier molecular flexibility index (Phi) is 6.47. The fourth-order valence-electron chi connectivity index (χ4n) is 1.99. The van der Waals surface area contributed by atoms with Crippen LogP contribution in [0.2, 0.25) is 0 Å².